The van der Waals surface area contributed by atoms with Crippen LogP contribution in [0.3, 0.4) is 0 Å². The van der Waals surface area contributed by atoms with Crippen molar-refractivity contribution >= 4 is 34.6 Å². The molecular formula is C20H15ClN4O3. The van der Waals surface area contributed by atoms with E-state index >= 15 is 0 Å². The molecule has 0 aliphatic carbocycles. The molecule has 3 rings (SSSR count). The van der Waals surface area contributed by atoms with Crippen molar-refractivity contribution < 1.29 is 14.3 Å². The quantitative estimate of drug-likeness (QED) is 0.393. The number of carbonyl (C=O) groups excluding carboxylic acids is 1. The number of hydrazone groups is 1. The average Bonchev–Trinajstić information content (AvgIpc) is 2.72. The van der Waals surface area contributed by atoms with Crippen LogP contribution in [0.5, 0.6) is 11.5 Å². The van der Waals surface area contributed by atoms with Crippen LogP contribution in [-0.2, 0) is 4.79 Å². The number of methoxy groups -OCH3 is 1. The minimum Gasteiger partial charge on any atom is -0.497 e. The van der Waals surface area contributed by atoms with Gasteiger partial charge in [0.25, 0.3) is 5.91 Å². The van der Waals surface area contributed by atoms with Gasteiger partial charge in [-0.1, -0.05) is 23.7 Å². The van der Waals surface area contributed by atoms with Crippen molar-refractivity contribution in [2.75, 3.05) is 13.7 Å². The number of benzene rings is 2. The van der Waals surface area contributed by atoms with Gasteiger partial charge in [-0.15, -0.1) is 0 Å². The summed E-state index contributed by atoms with van der Waals surface area (Å²) in [6, 6.07) is 15.9. The first kappa shape index (κ1) is 19.1. The molecule has 3 aromatic rings. The number of nitrogens with one attached hydrogen (secondary N) is 1. The maximum absolute atomic E-state index is 11.9. The molecule has 8 heteroatoms. The maximum atomic E-state index is 11.9. The summed E-state index contributed by atoms with van der Waals surface area (Å²) >= 11 is 6.17. The fourth-order valence-electron chi connectivity index (χ4n) is 2.40. The minimum atomic E-state index is -0.476. The van der Waals surface area contributed by atoms with Gasteiger partial charge in [-0.2, -0.15) is 10.4 Å². The van der Waals surface area contributed by atoms with E-state index in [-0.39, 0.29) is 11.8 Å². The van der Waals surface area contributed by atoms with Gasteiger partial charge in [0.15, 0.2) is 6.61 Å². The number of hydrogen-bond donors (Lipinski definition) is 1. The number of ether oxygens (including phenoxy) is 2. The summed E-state index contributed by atoms with van der Waals surface area (Å²) in [5.41, 5.74) is 3.96. The number of nitrogens with zero attached hydrogens (tertiary/aromatic N) is 3. The van der Waals surface area contributed by atoms with E-state index < -0.39 is 5.91 Å². The zero-order valence-corrected chi connectivity index (χ0v) is 15.6. The third-order valence-electron chi connectivity index (χ3n) is 3.76. The molecule has 140 valence electrons. The van der Waals surface area contributed by atoms with Crippen LogP contribution in [0.4, 0.5) is 0 Å². The van der Waals surface area contributed by atoms with Crippen LogP contribution in [0, 0.1) is 11.3 Å². The Hall–Kier alpha value is -3.63. The van der Waals surface area contributed by atoms with Crippen LogP contribution in [0.15, 0.2) is 53.6 Å². The van der Waals surface area contributed by atoms with Gasteiger partial charge in [-0.25, -0.2) is 10.4 Å². The maximum Gasteiger partial charge on any atom is 0.277 e. The topological polar surface area (TPSA) is 96.6 Å². The van der Waals surface area contributed by atoms with Gasteiger partial charge >= 0.3 is 0 Å². The molecule has 0 saturated heterocycles. The average molecular weight is 395 g/mol. The molecule has 28 heavy (non-hydrogen) atoms. The van der Waals surface area contributed by atoms with Crippen molar-refractivity contribution in [1.82, 2.24) is 10.4 Å². The van der Waals surface area contributed by atoms with Crippen LogP contribution in [0.25, 0.3) is 10.9 Å². The largest absolute Gasteiger partial charge is 0.497 e. The predicted molar refractivity (Wildman–Crippen MR) is 106 cm³/mol. The van der Waals surface area contributed by atoms with Crippen molar-refractivity contribution in [3.8, 4) is 17.6 Å². The molecule has 7 nitrogen and oxygen atoms in total. The Bertz CT molecular complexity index is 1090. The van der Waals surface area contributed by atoms with E-state index in [4.69, 9.17) is 26.3 Å². The molecule has 0 bridgehead atoms. The third-order valence-corrected chi connectivity index (χ3v) is 4.06. The molecule has 1 N–H and O–H groups in total. The molecule has 2 aromatic carbocycles. The number of fused-ring (bicyclic) bond motifs is 1. The number of halogens is 1. The van der Waals surface area contributed by atoms with Crippen LogP contribution in [-0.4, -0.2) is 30.8 Å². The smallest absolute Gasteiger partial charge is 0.277 e. The normalized spacial score (nSPS) is 10.6. The Labute approximate surface area is 166 Å². The summed E-state index contributed by atoms with van der Waals surface area (Å²) in [6.07, 6.45) is 1.40. The zero-order valence-electron chi connectivity index (χ0n) is 14.8. The van der Waals surface area contributed by atoms with Gasteiger partial charge < -0.3 is 9.47 Å². The number of aromatic nitrogens is 1. The molecular weight excluding hydrogens is 380 g/mol. The van der Waals surface area contributed by atoms with Crippen LogP contribution < -0.4 is 14.9 Å². The Kier molecular flexibility index (Phi) is 6.04. The van der Waals surface area contributed by atoms with E-state index in [1.54, 1.807) is 49.6 Å². The monoisotopic (exact) mass is 394 g/mol. The fraction of sp³-hybridized carbons (Fsp3) is 0.100. The number of amides is 1. The molecule has 1 heterocycles. The minimum absolute atomic E-state index is 0.259. The van der Waals surface area contributed by atoms with Crippen molar-refractivity contribution in [1.29, 1.82) is 5.26 Å². The van der Waals surface area contributed by atoms with Crippen LogP contribution >= 0.6 is 11.6 Å². The molecule has 0 aliphatic rings. The van der Waals surface area contributed by atoms with Gasteiger partial charge in [0, 0.05) is 10.9 Å². The zero-order chi connectivity index (χ0) is 19.9. The Morgan fingerprint density at radius 3 is 2.93 bits per heavy atom. The second-order valence-corrected chi connectivity index (χ2v) is 5.97. The molecule has 0 spiro atoms. The van der Waals surface area contributed by atoms with E-state index in [1.165, 1.54) is 6.21 Å². The van der Waals surface area contributed by atoms with E-state index in [0.29, 0.717) is 22.6 Å². The first-order valence-electron chi connectivity index (χ1n) is 8.19. The first-order valence-corrected chi connectivity index (χ1v) is 8.56. The summed E-state index contributed by atoms with van der Waals surface area (Å²) in [6.45, 7) is -0.281. The molecule has 0 aliphatic heterocycles. The Morgan fingerprint density at radius 1 is 1.32 bits per heavy atom. The Morgan fingerprint density at radius 2 is 2.14 bits per heavy atom. The second-order valence-electron chi connectivity index (χ2n) is 5.62. The van der Waals surface area contributed by atoms with Gasteiger partial charge in [0.2, 0.25) is 0 Å². The predicted octanol–water partition coefficient (Wildman–Crippen LogP) is 3.30. The summed E-state index contributed by atoms with van der Waals surface area (Å²) in [5.74, 6) is 0.554. The van der Waals surface area contributed by atoms with E-state index in [1.807, 2.05) is 12.1 Å². The number of pyridine rings is 1. The highest BCUT2D eigenvalue weighted by Crippen LogP contribution is 2.23. The summed E-state index contributed by atoms with van der Waals surface area (Å²) in [4.78, 5) is 16.2. The molecule has 1 amide bonds. The number of hydrogen-bond acceptors (Lipinski definition) is 6. The van der Waals surface area contributed by atoms with Gasteiger partial charge in [0.05, 0.1) is 24.4 Å². The van der Waals surface area contributed by atoms with Gasteiger partial charge in [0.1, 0.15) is 22.7 Å². The number of rotatable bonds is 6. The van der Waals surface area contributed by atoms with Crippen molar-refractivity contribution in [2.24, 2.45) is 5.10 Å². The number of nitriles is 1. The highest BCUT2D eigenvalue weighted by molar-refractivity contribution is 6.32. The lowest BCUT2D eigenvalue weighted by Crippen LogP contribution is -2.24. The van der Waals surface area contributed by atoms with E-state index in [9.17, 15) is 4.79 Å². The van der Waals surface area contributed by atoms with E-state index in [2.05, 4.69) is 15.5 Å². The fourth-order valence-corrected chi connectivity index (χ4v) is 2.59. The van der Waals surface area contributed by atoms with Crippen LogP contribution in [0.1, 0.15) is 11.1 Å². The van der Waals surface area contributed by atoms with Gasteiger partial charge in [-0.05, 0) is 36.4 Å². The molecule has 0 saturated carbocycles. The lowest BCUT2D eigenvalue weighted by atomic mass is 10.1. The molecule has 0 radical (unpaired) electrons. The summed E-state index contributed by atoms with van der Waals surface area (Å²) < 4.78 is 10.5. The first-order chi connectivity index (χ1) is 13.6. The van der Waals surface area contributed by atoms with E-state index in [0.717, 1.165) is 10.9 Å². The van der Waals surface area contributed by atoms with Crippen molar-refractivity contribution in [2.45, 2.75) is 0 Å². The highest BCUT2D eigenvalue weighted by atomic mass is 35.5. The standard InChI is InChI=1S/C20H15ClN4O3/c1-27-16-6-7-17-14(9-16)8-15(20(21)24-17)11-23-25-19(26)12-28-18-5-3-2-4-13(18)10-22/h2-9,11H,12H2,1H3,(H,25,26)/b23-11-. The highest BCUT2D eigenvalue weighted by Gasteiger charge is 2.07. The van der Waals surface area contributed by atoms with Gasteiger partial charge in [-0.3, -0.25) is 4.79 Å². The SMILES string of the molecule is COc1ccc2nc(Cl)c(/C=N\NC(=O)COc3ccccc3C#N)cc2c1. The molecule has 0 atom stereocenters. The Balaban J connectivity index is 1.64. The number of carbonyl (C=O) groups is 1. The van der Waals surface area contributed by atoms with Crippen molar-refractivity contribution in [3.05, 3.63) is 64.8 Å². The molecule has 1 aromatic heterocycles. The van der Waals surface area contributed by atoms with Crippen LogP contribution in [0.2, 0.25) is 5.15 Å². The molecule has 0 fully saturated rings. The second kappa shape index (κ2) is 8.84. The third kappa shape index (κ3) is 4.55. The number of para-hydroxylation sites is 1. The molecule has 0 unspecified atom stereocenters. The summed E-state index contributed by atoms with van der Waals surface area (Å²) in [7, 11) is 1.58. The van der Waals surface area contributed by atoms with Crippen molar-refractivity contribution in [3.63, 3.8) is 0 Å². The lowest BCUT2D eigenvalue weighted by Gasteiger charge is -2.06. The summed E-state index contributed by atoms with van der Waals surface area (Å²) in [5, 5.41) is 14.0. The lowest BCUT2D eigenvalue weighted by molar-refractivity contribution is -0.123.